The van der Waals surface area contributed by atoms with Gasteiger partial charge in [0.15, 0.2) is 11.6 Å². The molecule has 0 aliphatic carbocycles. The topological polar surface area (TPSA) is 50.4 Å². The first-order valence-electron chi connectivity index (χ1n) is 6.33. The quantitative estimate of drug-likeness (QED) is 0.832. The fraction of sp³-hybridized carbons (Fsp3) is 0.133. The van der Waals surface area contributed by atoms with Crippen LogP contribution in [0.1, 0.15) is 0 Å². The van der Waals surface area contributed by atoms with Gasteiger partial charge < -0.3 is 15.4 Å². The molecule has 0 bridgehead atoms. The molecule has 0 saturated carbocycles. The second-order valence-electron chi connectivity index (χ2n) is 4.17. The molecular weight excluding hydrogens is 278 g/mol. The number of halogens is 2. The van der Waals surface area contributed by atoms with Crippen LogP contribution in [-0.4, -0.2) is 19.2 Å². The van der Waals surface area contributed by atoms with Crippen LogP contribution >= 0.6 is 0 Å². The minimum absolute atomic E-state index is 0.0540. The molecule has 4 nitrogen and oxygen atoms in total. The number of amides is 2. The lowest BCUT2D eigenvalue weighted by molar-refractivity contribution is 0.246. The van der Waals surface area contributed by atoms with Crippen molar-refractivity contribution < 1.29 is 18.3 Å². The van der Waals surface area contributed by atoms with E-state index >= 15 is 0 Å². The zero-order valence-corrected chi connectivity index (χ0v) is 11.1. The minimum atomic E-state index is -0.774. The molecule has 0 radical (unpaired) electrons. The van der Waals surface area contributed by atoms with E-state index in [-0.39, 0.29) is 24.9 Å². The van der Waals surface area contributed by atoms with Crippen LogP contribution in [0.2, 0.25) is 0 Å². The van der Waals surface area contributed by atoms with E-state index in [1.807, 2.05) is 6.07 Å². The number of urea groups is 1. The smallest absolute Gasteiger partial charge is 0.319 e. The molecule has 2 aromatic rings. The largest absolute Gasteiger partial charge is 0.489 e. The van der Waals surface area contributed by atoms with Gasteiger partial charge >= 0.3 is 6.03 Å². The first-order chi connectivity index (χ1) is 10.1. The summed E-state index contributed by atoms with van der Waals surface area (Å²) in [5.41, 5.74) is 0.667. The van der Waals surface area contributed by atoms with Crippen LogP contribution in [0.3, 0.4) is 0 Å². The normalized spacial score (nSPS) is 10.0. The summed E-state index contributed by atoms with van der Waals surface area (Å²) in [6.07, 6.45) is 0. The summed E-state index contributed by atoms with van der Waals surface area (Å²) in [7, 11) is 0. The Kier molecular flexibility index (Phi) is 5.09. The number of para-hydroxylation sites is 1. The van der Waals surface area contributed by atoms with Gasteiger partial charge in [0.05, 0.1) is 6.54 Å². The average Bonchev–Trinajstić information content (AvgIpc) is 2.46. The van der Waals surface area contributed by atoms with E-state index in [9.17, 15) is 13.6 Å². The van der Waals surface area contributed by atoms with E-state index in [2.05, 4.69) is 10.6 Å². The molecule has 2 rings (SSSR count). The molecule has 2 amide bonds. The van der Waals surface area contributed by atoms with Gasteiger partial charge in [0.1, 0.15) is 12.4 Å². The molecule has 0 saturated heterocycles. The number of carbonyl (C=O) groups excluding carboxylic acids is 1. The number of hydrogen-bond acceptors (Lipinski definition) is 2. The number of hydrogen-bond donors (Lipinski definition) is 2. The van der Waals surface area contributed by atoms with Crippen molar-refractivity contribution in [3.63, 3.8) is 0 Å². The molecule has 0 aromatic heterocycles. The van der Waals surface area contributed by atoms with Gasteiger partial charge in [0.2, 0.25) is 0 Å². The molecule has 2 N–H and O–H groups in total. The Bertz CT molecular complexity index is 606. The van der Waals surface area contributed by atoms with Gasteiger partial charge in [-0.15, -0.1) is 0 Å². The number of nitrogens with one attached hydrogen (secondary N) is 2. The Hall–Kier alpha value is -2.63. The molecule has 2 aromatic carbocycles. The van der Waals surface area contributed by atoms with Crippen LogP contribution in [0.5, 0.6) is 5.75 Å². The highest BCUT2D eigenvalue weighted by atomic mass is 19.1. The van der Waals surface area contributed by atoms with Crippen LogP contribution in [0.25, 0.3) is 0 Å². The highest BCUT2D eigenvalue weighted by Crippen LogP contribution is 2.17. The SMILES string of the molecule is O=C(NCCOc1ccc(F)cc1F)Nc1ccccc1. The maximum absolute atomic E-state index is 13.3. The summed E-state index contributed by atoms with van der Waals surface area (Å²) in [6, 6.07) is 11.6. The van der Waals surface area contributed by atoms with E-state index in [0.717, 1.165) is 12.1 Å². The lowest BCUT2D eigenvalue weighted by Crippen LogP contribution is -2.32. The molecule has 0 aliphatic rings. The molecule has 0 fully saturated rings. The second kappa shape index (κ2) is 7.23. The van der Waals surface area contributed by atoms with Crippen LogP contribution in [0.15, 0.2) is 48.5 Å². The van der Waals surface area contributed by atoms with Gasteiger partial charge in [-0.2, -0.15) is 0 Å². The molecular formula is C15H14F2N2O2. The zero-order chi connectivity index (χ0) is 15.1. The van der Waals surface area contributed by atoms with Gasteiger partial charge in [-0.1, -0.05) is 18.2 Å². The Balaban J connectivity index is 1.71. The Morgan fingerprint density at radius 3 is 2.57 bits per heavy atom. The van der Waals surface area contributed by atoms with Crippen LogP contribution < -0.4 is 15.4 Å². The monoisotopic (exact) mass is 292 g/mol. The van der Waals surface area contributed by atoms with E-state index in [0.29, 0.717) is 5.69 Å². The fourth-order valence-electron chi connectivity index (χ4n) is 1.61. The predicted octanol–water partition coefficient (Wildman–Crippen LogP) is 3.17. The van der Waals surface area contributed by atoms with Crippen molar-refractivity contribution in [2.45, 2.75) is 0 Å². The maximum Gasteiger partial charge on any atom is 0.319 e. The third-order valence-corrected chi connectivity index (χ3v) is 2.57. The van der Waals surface area contributed by atoms with Crippen molar-refractivity contribution in [2.75, 3.05) is 18.5 Å². The van der Waals surface area contributed by atoms with Crippen molar-refractivity contribution in [3.05, 3.63) is 60.2 Å². The first-order valence-corrected chi connectivity index (χ1v) is 6.33. The standard InChI is InChI=1S/C15H14F2N2O2/c16-11-6-7-14(13(17)10-11)21-9-8-18-15(20)19-12-4-2-1-3-5-12/h1-7,10H,8-9H2,(H2,18,19,20). The summed E-state index contributed by atoms with van der Waals surface area (Å²) in [6.45, 7) is 0.264. The summed E-state index contributed by atoms with van der Waals surface area (Å²) in [5.74, 6) is -1.49. The zero-order valence-electron chi connectivity index (χ0n) is 11.1. The van der Waals surface area contributed by atoms with E-state index in [1.54, 1.807) is 24.3 Å². The van der Waals surface area contributed by atoms with Gasteiger partial charge in [-0.25, -0.2) is 13.6 Å². The molecule has 6 heteroatoms. The minimum Gasteiger partial charge on any atom is -0.489 e. The number of ether oxygens (including phenoxy) is 1. The highest BCUT2D eigenvalue weighted by Gasteiger charge is 2.05. The Morgan fingerprint density at radius 1 is 1.10 bits per heavy atom. The maximum atomic E-state index is 13.3. The fourth-order valence-corrected chi connectivity index (χ4v) is 1.61. The summed E-state index contributed by atoms with van der Waals surface area (Å²) < 4.78 is 31.1. The van der Waals surface area contributed by atoms with Gasteiger partial charge in [-0.3, -0.25) is 0 Å². The Labute approximate surface area is 120 Å². The lowest BCUT2D eigenvalue weighted by atomic mass is 10.3. The van der Waals surface area contributed by atoms with Crippen molar-refractivity contribution in [3.8, 4) is 5.75 Å². The van der Waals surface area contributed by atoms with Gasteiger partial charge in [0.25, 0.3) is 0 Å². The van der Waals surface area contributed by atoms with Crippen molar-refractivity contribution >= 4 is 11.7 Å². The summed E-state index contributed by atoms with van der Waals surface area (Å²) in [5, 5.41) is 5.19. The molecule has 0 aliphatic heterocycles. The van der Waals surface area contributed by atoms with E-state index in [4.69, 9.17) is 4.74 Å². The molecule has 0 atom stereocenters. The molecule has 0 heterocycles. The highest BCUT2D eigenvalue weighted by molar-refractivity contribution is 5.89. The molecule has 110 valence electrons. The molecule has 0 spiro atoms. The second-order valence-corrected chi connectivity index (χ2v) is 4.17. The van der Waals surface area contributed by atoms with E-state index < -0.39 is 11.6 Å². The van der Waals surface area contributed by atoms with Crippen molar-refractivity contribution in [1.82, 2.24) is 5.32 Å². The van der Waals surface area contributed by atoms with Gasteiger partial charge in [0, 0.05) is 11.8 Å². The first kappa shape index (κ1) is 14.8. The van der Waals surface area contributed by atoms with Crippen molar-refractivity contribution in [2.24, 2.45) is 0 Å². The number of rotatable bonds is 5. The average molecular weight is 292 g/mol. The number of benzene rings is 2. The van der Waals surface area contributed by atoms with Gasteiger partial charge in [-0.05, 0) is 24.3 Å². The predicted molar refractivity (Wildman–Crippen MR) is 75.3 cm³/mol. The molecule has 21 heavy (non-hydrogen) atoms. The molecule has 0 unspecified atom stereocenters. The van der Waals surface area contributed by atoms with Crippen LogP contribution in [-0.2, 0) is 0 Å². The Morgan fingerprint density at radius 2 is 1.86 bits per heavy atom. The van der Waals surface area contributed by atoms with Crippen molar-refractivity contribution in [1.29, 1.82) is 0 Å². The summed E-state index contributed by atoms with van der Waals surface area (Å²) >= 11 is 0. The third kappa shape index (κ3) is 4.76. The van der Waals surface area contributed by atoms with E-state index in [1.165, 1.54) is 6.07 Å². The number of anilines is 1. The lowest BCUT2D eigenvalue weighted by Gasteiger charge is -2.09. The third-order valence-electron chi connectivity index (χ3n) is 2.57. The summed E-state index contributed by atoms with van der Waals surface area (Å²) in [4.78, 5) is 11.5. The van der Waals surface area contributed by atoms with Crippen LogP contribution in [0, 0.1) is 11.6 Å². The number of carbonyl (C=O) groups is 1. The van der Waals surface area contributed by atoms with Crippen LogP contribution in [0.4, 0.5) is 19.3 Å².